The quantitative estimate of drug-likeness (QED) is 0.579. The molecule has 58 valence electrons. The third-order valence-corrected chi connectivity index (χ3v) is 2.50. The molecule has 0 aromatic heterocycles. The van der Waals surface area contributed by atoms with Gasteiger partial charge in [-0.1, -0.05) is 0 Å². The van der Waals surface area contributed by atoms with Crippen molar-refractivity contribution in [2.75, 3.05) is 0 Å². The van der Waals surface area contributed by atoms with Gasteiger partial charge in [-0.15, -0.1) is 11.6 Å². The number of carbonyl (C=O) groups is 1. The van der Waals surface area contributed by atoms with E-state index in [4.69, 9.17) is 17.3 Å². The molecule has 1 rings (SSSR count). The number of alkyl halides is 1. The van der Waals surface area contributed by atoms with Gasteiger partial charge in [-0.2, -0.15) is 0 Å². The van der Waals surface area contributed by atoms with Gasteiger partial charge in [-0.05, 0) is 25.7 Å². The summed E-state index contributed by atoms with van der Waals surface area (Å²) in [6, 6.07) is 0. The van der Waals surface area contributed by atoms with Crippen LogP contribution < -0.4 is 5.73 Å². The minimum atomic E-state index is -0.163. The molecule has 0 saturated heterocycles. The van der Waals surface area contributed by atoms with Crippen molar-refractivity contribution < 1.29 is 4.79 Å². The summed E-state index contributed by atoms with van der Waals surface area (Å²) in [6.45, 7) is 0. The molecule has 2 nitrogen and oxygen atoms in total. The van der Waals surface area contributed by atoms with E-state index in [0.717, 1.165) is 25.7 Å². The van der Waals surface area contributed by atoms with E-state index in [9.17, 15) is 4.79 Å². The molecule has 0 unspecified atom stereocenters. The second-order valence-corrected chi connectivity index (χ2v) is 3.47. The van der Waals surface area contributed by atoms with Crippen molar-refractivity contribution in [3.63, 3.8) is 0 Å². The molecule has 0 aromatic carbocycles. The van der Waals surface area contributed by atoms with Crippen LogP contribution in [-0.4, -0.2) is 11.3 Å². The first-order valence-electron chi connectivity index (χ1n) is 3.63. The summed E-state index contributed by atoms with van der Waals surface area (Å²) in [7, 11) is 0. The summed E-state index contributed by atoms with van der Waals surface area (Å²) >= 11 is 5.83. The van der Waals surface area contributed by atoms with Crippen LogP contribution in [0.3, 0.4) is 0 Å². The molecule has 1 saturated carbocycles. The summed E-state index contributed by atoms with van der Waals surface area (Å²) in [4.78, 5) is 10.6. The highest BCUT2D eigenvalue weighted by Crippen LogP contribution is 2.26. The molecule has 0 radical (unpaired) electrons. The predicted molar refractivity (Wildman–Crippen MR) is 40.8 cm³/mol. The number of carbonyl (C=O) groups excluding carboxylic acids is 1. The van der Waals surface area contributed by atoms with Crippen molar-refractivity contribution in [1.29, 1.82) is 0 Å². The topological polar surface area (TPSA) is 43.1 Å². The number of rotatable bonds is 1. The Kier molecular flexibility index (Phi) is 2.55. The van der Waals surface area contributed by atoms with E-state index >= 15 is 0 Å². The van der Waals surface area contributed by atoms with Gasteiger partial charge in [0.25, 0.3) is 0 Å². The molecule has 1 amide bonds. The van der Waals surface area contributed by atoms with Gasteiger partial charge in [0.2, 0.25) is 5.91 Å². The average molecular weight is 162 g/mol. The van der Waals surface area contributed by atoms with Crippen molar-refractivity contribution in [2.45, 2.75) is 31.1 Å². The van der Waals surface area contributed by atoms with Crippen molar-refractivity contribution in [3.05, 3.63) is 0 Å². The monoisotopic (exact) mass is 161 g/mol. The maximum absolute atomic E-state index is 10.6. The van der Waals surface area contributed by atoms with E-state index in [1.54, 1.807) is 0 Å². The number of nitrogens with two attached hydrogens (primary N) is 1. The lowest BCUT2D eigenvalue weighted by atomic mass is 9.89. The van der Waals surface area contributed by atoms with Gasteiger partial charge >= 0.3 is 0 Å². The Labute approximate surface area is 65.7 Å². The Balaban J connectivity index is 2.33. The van der Waals surface area contributed by atoms with Crippen LogP contribution >= 0.6 is 11.6 Å². The van der Waals surface area contributed by atoms with E-state index in [1.165, 1.54) is 0 Å². The smallest absolute Gasteiger partial charge is 0.220 e. The Morgan fingerprint density at radius 2 is 1.80 bits per heavy atom. The van der Waals surface area contributed by atoms with Gasteiger partial charge in [-0.3, -0.25) is 4.79 Å². The Morgan fingerprint density at radius 1 is 1.30 bits per heavy atom. The lowest BCUT2D eigenvalue weighted by molar-refractivity contribution is -0.122. The number of hydrogen-bond donors (Lipinski definition) is 1. The fourth-order valence-corrected chi connectivity index (χ4v) is 1.59. The molecule has 10 heavy (non-hydrogen) atoms. The van der Waals surface area contributed by atoms with Gasteiger partial charge in [0.05, 0.1) is 0 Å². The molecule has 0 atom stereocenters. The first-order valence-corrected chi connectivity index (χ1v) is 4.07. The SMILES string of the molecule is NC(=O)C1CCC(Cl)CC1. The first kappa shape index (κ1) is 7.86. The highest BCUT2D eigenvalue weighted by atomic mass is 35.5. The second kappa shape index (κ2) is 3.24. The predicted octanol–water partition coefficient (Wildman–Crippen LogP) is 1.27. The Bertz CT molecular complexity index is 130. The van der Waals surface area contributed by atoms with Crippen LogP contribution in [0.5, 0.6) is 0 Å². The zero-order chi connectivity index (χ0) is 7.56. The summed E-state index contributed by atoms with van der Waals surface area (Å²) < 4.78 is 0. The van der Waals surface area contributed by atoms with Gasteiger partial charge in [0.15, 0.2) is 0 Å². The fraction of sp³-hybridized carbons (Fsp3) is 0.857. The molecule has 1 fully saturated rings. The van der Waals surface area contributed by atoms with Gasteiger partial charge in [0, 0.05) is 11.3 Å². The van der Waals surface area contributed by atoms with E-state index < -0.39 is 0 Å². The molecule has 1 aliphatic carbocycles. The maximum atomic E-state index is 10.6. The highest BCUT2D eigenvalue weighted by molar-refractivity contribution is 6.20. The minimum absolute atomic E-state index is 0.0926. The number of hydrogen-bond acceptors (Lipinski definition) is 1. The number of primary amides is 1. The second-order valence-electron chi connectivity index (χ2n) is 2.85. The average Bonchev–Trinajstić information content (AvgIpc) is 1.88. The highest BCUT2D eigenvalue weighted by Gasteiger charge is 2.22. The maximum Gasteiger partial charge on any atom is 0.220 e. The number of amides is 1. The van der Waals surface area contributed by atoms with Gasteiger partial charge in [0.1, 0.15) is 0 Å². The molecule has 1 aliphatic rings. The third kappa shape index (κ3) is 1.87. The summed E-state index contributed by atoms with van der Waals surface area (Å²) in [5.74, 6) is -0.0708. The lowest BCUT2D eigenvalue weighted by Gasteiger charge is -2.21. The molecule has 0 aliphatic heterocycles. The van der Waals surface area contributed by atoms with Crippen molar-refractivity contribution in [3.8, 4) is 0 Å². The van der Waals surface area contributed by atoms with Crippen LogP contribution in [0.2, 0.25) is 0 Å². The van der Waals surface area contributed by atoms with E-state index in [0.29, 0.717) is 0 Å². The lowest BCUT2D eigenvalue weighted by Crippen LogP contribution is -2.27. The first-order chi connectivity index (χ1) is 4.70. The van der Waals surface area contributed by atoms with Crippen LogP contribution in [0.15, 0.2) is 0 Å². The zero-order valence-corrected chi connectivity index (χ0v) is 6.60. The van der Waals surface area contributed by atoms with E-state index in [-0.39, 0.29) is 17.2 Å². The molecule has 3 heteroatoms. The molecule has 0 aromatic rings. The molecular formula is C7H12ClNO. The molecular weight excluding hydrogens is 150 g/mol. The summed E-state index contributed by atoms with van der Waals surface area (Å²) in [5, 5.41) is 0.274. The standard InChI is InChI=1S/C7H12ClNO/c8-6-3-1-5(2-4-6)7(9)10/h5-6H,1-4H2,(H2,9,10). The largest absolute Gasteiger partial charge is 0.369 e. The minimum Gasteiger partial charge on any atom is -0.369 e. The van der Waals surface area contributed by atoms with E-state index in [1.807, 2.05) is 0 Å². The molecule has 0 heterocycles. The normalized spacial score (nSPS) is 33.7. The molecule has 0 bridgehead atoms. The fourth-order valence-electron chi connectivity index (χ4n) is 1.34. The summed E-state index contributed by atoms with van der Waals surface area (Å²) in [5.41, 5.74) is 5.13. The van der Waals surface area contributed by atoms with Crippen molar-refractivity contribution in [2.24, 2.45) is 11.7 Å². The van der Waals surface area contributed by atoms with E-state index in [2.05, 4.69) is 0 Å². The third-order valence-electron chi connectivity index (χ3n) is 2.06. The van der Waals surface area contributed by atoms with Gasteiger partial charge < -0.3 is 5.73 Å². The molecule has 0 spiro atoms. The van der Waals surface area contributed by atoms with Crippen LogP contribution in [-0.2, 0) is 4.79 Å². The van der Waals surface area contributed by atoms with Gasteiger partial charge in [-0.25, -0.2) is 0 Å². The number of halogens is 1. The van der Waals surface area contributed by atoms with Crippen molar-refractivity contribution >= 4 is 17.5 Å². The van der Waals surface area contributed by atoms with Crippen LogP contribution in [0.25, 0.3) is 0 Å². The Hall–Kier alpha value is -0.240. The van der Waals surface area contributed by atoms with Crippen LogP contribution in [0.1, 0.15) is 25.7 Å². The molecule has 2 N–H and O–H groups in total. The Morgan fingerprint density at radius 3 is 2.20 bits per heavy atom. The van der Waals surface area contributed by atoms with Crippen LogP contribution in [0.4, 0.5) is 0 Å². The summed E-state index contributed by atoms with van der Waals surface area (Å²) in [6.07, 6.45) is 3.64. The van der Waals surface area contributed by atoms with Crippen molar-refractivity contribution in [1.82, 2.24) is 0 Å². The van der Waals surface area contributed by atoms with Crippen LogP contribution in [0, 0.1) is 5.92 Å². The zero-order valence-electron chi connectivity index (χ0n) is 5.85.